The third-order valence-corrected chi connectivity index (χ3v) is 12.3. The first-order valence-electron chi connectivity index (χ1n) is 16.4. The van der Waals surface area contributed by atoms with E-state index in [9.17, 15) is 0 Å². The molecule has 4 saturated carbocycles. The molecule has 0 amide bonds. The maximum absolute atomic E-state index is 2.50. The summed E-state index contributed by atoms with van der Waals surface area (Å²) in [6, 6.07) is 23.3. The van der Waals surface area contributed by atoms with Crippen molar-refractivity contribution in [2.45, 2.75) is 116 Å². The van der Waals surface area contributed by atoms with Crippen LogP contribution in [0.5, 0.6) is 0 Å². The van der Waals surface area contributed by atoms with E-state index in [2.05, 4.69) is 74.5 Å². The quantitative estimate of drug-likeness (QED) is 0.341. The molecule has 0 heterocycles. The van der Waals surface area contributed by atoms with Crippen molar-refractivity contribution >= 4 is 0 Å². The fourth-order valence-corrected chi connectivity index (χ4v) is 11.3. The second-order valence-electron chi connectivity index (χ2n) is 13.7. The standard InChI is InChI=1S/C37H52/c1-3-25-37(26-4-2,35-23-21-31-29(17-11-19-33(31)35)27-13-7-5-8-14-27)36-24-22-32-30(18-12-20-34(32)36)28-15-9-6-10-16-28/h5-10,13-16,29-36H,3-4,11-12,17-26H2,1-2H3. The molecular weight excluding hydrogens is 444 g/mol. The van der Waals surface area contributed by atoms with Crippen LogP contribution in [0, 0.1) is 40.9 Å². The van der Waals surface area contributed by atoms with Gasteiger partial charge in [-0.2, -0.15) is 0 Å². The summed E-state index contributed by atoms with van der Waals surface area (Å²) >= 11 is 0. The van der Waals surface area contributed by atoms with Crippen molar-refractivity contribution < 1.29 is 0 Å². The highest BCUT2D eigenvalue weighted by atomic mass is 14.6. The number of hydrogen-bond acceptors (Lipinski definition) is 0. The lowest BCUT2D eigenvalue weighted by atomic mass is 9.53. The Balaban J connectivity index is 1.31. The van der Waals surface area contributed by atoms with Gasteiger partial charge >= 0.3 is 0 Å². The van der Waals surface area contributed by atoms with E-state index in [0.717, 1.165) is 47.3 Å². The van der Waals surface area contributed by atoms with Gasteiger partial charge in [0.05, 0.1) is 0 Å². The molecule has 0 aromatic heterocycles. The van der Waals surface area contributed by atoms with E-state index in [1.807, 2.05) is 0 Å². The van der Waals surface area contributed by atoms with E-state index in [0.29, 0.717) is 5.41 Å². The molecule has 0 N–H and O–H groups in total. The van der Waals surface area contributed by atoms with Crippen LogP contribution in [0.4, 0.5) is 0 Å². The molecule has 8 unspecified atom stereocenters. The van der Waals surface area contributed by atoms with Crippen molar-refractivity contribution in [1.82, 2.24) is 0 Å². The van der Waals surface area contributed by atoms with Gasteiger partial charge in [-0.15, -0.1) is 0 Å². The Morgan fingerprint density at radius 2 is 0.946 bits per heavy atom. The molecule has 2 aromatic rings. The highest BCUT2D eigenvalue weighted by Gasteiger charge is 2.57. The molecule has 0 radical (unpaired) electrons. The van der Waals surface area contributed by atoms with Crippen LogP contribution in [0.15, 0.2) is 60.7 Å². The van der Waals surface area contributed by atoms with Crippen molar-refractivity contribution in [2.24, 2.45) is 40.9 Å². The highest BCUT2D eigenvalue weighted by molar-refractivity contribution is 5.24. The molecule has 4 aliphatic carbocycles. The lowest BCUT2D eigenvalue weighted by molar-refractivity contribution is -0.0244. The predicted molar refractivity (Wildman–Crippen MR) is 158 cm³/mol. The summed E-state index contributed by atoms with van der Waals surface area (Å²) in [5, 5.41) is 0. The van der Waals surface area contributed by atoms with Gasteiger partial charge < -0.3 is 0 Å². The molecular formula is C37H52. The Labute approximate surface area is 228 Å². The topological polar surface area (TPSA) is 0 Å². The number of fused-ring (bicyclic) bond motifs is 2. The summed E-state index contributed by atoms with van der Waals surface area (Å²) in [6.45, 7) is 5.01. The second kappa shape index (κ2) is 11.3. The molecule has 0 spiro atoms. The Bertz CT molecular complexity index is 894. The van der Waals surface area contributed by atoms with Gasteiger partial charge in [-0.05, 0) is 128 Å². The Morgan fingerprint density at radius 1 is 0.514 bits per heavy atom. The summed E-state index contributed by atoms with van der Waals surface area (Å²) in [7, 11) is 0. The predicted octanol–water partition coefficient (Wildman–Crippen LogP) is 10.8. The molecule has 8 atom stereocenters. The first-order valence-corrected chi connectivity index (χ1v) is 16.4. The maximum Gasteiger partial charge on any atom is -0.0131 e. The normalized spacial score (nSPS) is 35.7. The van der Waals surface area contributed by atoms with Crippen molar-refractivity contribution in [1.29, 1.82) is 0 Å². The van der Waals surface area contributed by atoms with E-state index in [4.69, 9.17) is 0 Å². The molecule has 200 valence electrons. The highest BCUT2D eigenvalue weighted by Crippen LogP contribution is 2.66. The van der Waals surface area contributed by atoms with Crippen molar-refractivity contribution in [3.8, 4) is 0 Å². The summed E-state index contributed by atoms with van der Waals surface area (Å²) in [6.07, 6.45) is 20.6. The molecule has 0 aliphatic heterocycles. The van der Waals surface area contributed by atoms with Gasteiger partial charge in [-0.25, -0.2) is 0 Å². The fraction of sp³-hybridized carbons (Fsp3) is 0.676. The number of hydrogen-bond donors (Lipinski definition) is 0. The SMILES string of the molecule is CCCC(CCC)(C1CCC2C(c3ccccc3)CCCC21)C1CCC2C(c3ccccc3)CCCC21. The first-order chi connectivity index (χ1) is 18.3. The van der Waals surface area contributed by atoms with Crippen molar-refractivity contribution in [2.75, 3.05) is 0 Å². The van der Waals surface area contributed by atoms with Gasteiger partial charge in [-0.3, -0.25) is 0 Å². The average molecular weight is 497 g/mol. The fourth-order valence-electron chi connectivity index (χ4n) is 11.3. The summed E-state index contributed by atoms with van der Waals surface area (Å²) in [5.74, 6) is 7.42. The van der Waals surface area contributed by atoms with E-state index in [1.54, 1.807) is 11.1 Å². The van der Waals surface area contributed by atoms with Crippen LogP contribution in [-0.4, -0.2) is 0 Å². The molecule has 0 saturated heterocycles. The van der Waals surface area contributed by atoms with Crippen molar-refractivity contribution in [3.63, 3.8) is 0 Å². The van der Waals surface area contributed by atoms with E-state index < -0.39 is 0 Å². The molecule has 4 aliphatic rings. The van der Waals surface area contributed by atoms with Gasteiger partial charge in [0.2, 0.25) is 0 Å². The molecule has 0 bridgehead atoms. The summed E-state index contributed by atoms with van der Waals surface area (Å²) in [4.78, 5) is 0. The molecule has 2 aromatic carbocycles. The minimum Gasteiger partial charge on any atom is -0.0654 e. The lowest BCUT2D eigenvalue weighted by Gasteiger charge is -2.52. The van der Waals surface area contributed by atoms with E-state index in [-0.39, 0.29) is 0 Å². The van der Waals surface area contributed by atoms with Crippen LogP contribution in [0.3, 0.4) is 0 Å². The molecule has 0 nitrogen and oxygen atoms in total. The number of rotatable bonds is 8. The maximum atomic E-state index is 2.50. The van der Waals surface area contributed by atoms with E-state index >= 15 is 0 Å². The molecule has 6 rings (SSSR count). The smallest absolute Gasteiger partial charge is 0.0131 e. The minimum atomic E-state index is 0.597. The van der Waals surface area contributed by atoms with Gasteiger partial charge in [0.25, 0.3) is 0 Å². The summed E-state index contributed by atoms with van der Waals surface area (Å²) < 4.78 is 0. The third-order valence-electron chi connectivity index (χ3n) is 12.3. The zero-order chi connectivity index (χ0) is 25.2. The van der Waals surface area contributed by atoms with Crippen molar-refractivity contribution in [3.05, 3.63) is 71.8 Å². The molecule has 4 fully saturated rings. The van der Waals surface area contributed by atoms with Crippen LogP contribution >= 0.6 is 0 Å². The minimum absolute atomic E-state index is 0.597. The van der Waals surface area contributed by atoms with Crippen LogP contribution in [0.1, 0.15) is 127 Å². The second-order valence-corrected chi connectivity index (χ2v) is 13.7. The zero-order valence-corrected chi connectivity index (χ0v) is 23.8. The zero-order valence-electron chi connectivity index (χ0n) is 23.8. The largest absolute Gasteiger partial charge is 0.0654 e. The van der Waals surface area contributed by atoms with Crippen LogP contribution in [0.25, 0.3) is 0 Å². The molecule has 0 heteroatoms. The van der Waals surface area contributed by atoms with Crippen LogP contribution in [0.2, 0.25) is 0 Å². The molecule has 37 heavy (non-hydrogen) atoms. The Kier molecular flexibility index (Phi) is 7.83. The Morgan fingerprint density at radius 3 is 1.35 bits per heavy atom. The number of benzene rings is 2. The Hall–Kier alpha value is -1.56. The van der Waals surface area contributed by atoms with Gasteiger partial charge in [0.1, 0.15) is 0 Å². The van der Waals surface area contributed by atoms with Crippen LogP contribution in [-0.2, 0) is 0 Å². The first kappa shape index (κ1) is 25.7. The van der Waals surface area contributed by atoms with Gasteiger partial charge in [0, 0.05) is 0 Å². The van der Waals surface area contributed by atoms with E-state index in [1.165, 1.54) is 89.9 Å². The third kappa shape index (κ3) is 4.63. The lowest BCUT2D eigenvalue weighted by Crippen LogP contribution is -2.44. The van der Waals surface area contributed by atoms with Crippen LogP contribution < -0.4 is 0 Å². The summed E-state index contributed by atoms with van der Waals surface area (Å²) in [5.41, 5.74) is 3.89. The van der Waals surface area contributed by atoms with Gasteiger partial charge in [0.15, 0.2) is 0 Å². The van der Waals surface area contributed by atoms with Gasteiger partial charge in [-0.1, -0.05) is 100 Å². The average Bonchev–Trinajstić information content (AvgIpc) is 3.59. The monoisotopic (exact) mass is 496 g/mol.